The minimum absolute atomic E-state index is 0.0419. The molecule has 0 saturated heterocycles. The second-order valence-corrected chi connectivity index (χ2v) is 6.73. The Bertz CT molecular complexity index is 1380. The van der Waals surface area contributed by atoms with E-state index in [0.717, 1.165) is 9.13 Å². The molecule has 0 radical (unpaired) electrons. The van der Waals surface area contributed by atoms with Gasteiger partial charge in [0.05, 0.1) is 12.9 Å². The molecule has 0 spiro atoms. The number of hydrogen-bond acceptors (Lipinski definition) is 7. The molecule has 0 atom stereocenters. The zero-order chi connectivity index (χ0) is 21.6. The first kappa shape index (κ1) is 20.0. The van der Waals surface area contributed by atoms with Gasteiger partial charge in [-0.1, -0.05) is 6.92 Å². The smallest absolute Gasteiger partial charge is 0.332 e. The summed E-state index contributed by atoms with van der Waals surface area (Å²) >= 11 is 0. The number of carbonyl (C=O) groups is 1. The monoisotopic (exact) mass is 403 g/mol. The number of Topliss-reactive ketones (excluding diaryl/α,β-unsaturated/α-hetero) is 1. The summed E-state index contributed by atoms with van der Waals surface area (Å²) in [6.45, 7) is 1.67. The topological polar surface area (TPSA) is 149 Å². The summed E-state index contributed by atoms with van der Waals surface area (Å²) in [5, 5.41) is 0. The zero-order valence-corrected chi connectivity index (χ0v) is 16.5. The molecule has 154 valence electrons. The molecule has 0 aliphatic carbocycles. The summed E-state index contributed by atoms with van der Waals surface area (Å²) in [6.07, 6.45) is 1.82. The molecule has 29 heavy (non-hydrogen) atoms. The summed E-state index contributed by atoms with van der Waals surface area (Å²) in [4.78, 5) is 66.3. The Balaban J connectivity index is 2.19. The molecule has 0 aromatic carbocycles. The number of carbonyl (C=O) groups excluding carboxylic acids is 1. The normalized spacial score (nSPS) is 11.3. The van der Waals surface area contributed by atoms with Crippen LogP contribution in [-0.2, 0) is 34.2 Å². The first-order chi connectivity index (χ1) is 13.6. The quantitative estimate of drug-likeness (QED) is 0.492. The molecule has 0 fully saturated rings. The third kappa shape index (κ3) is 2.92. The van der Waals surface area contributed by atoms with Crippen LogP contribution in [0.3, 0.4) is 0 Å². The van der Waals surface area contributed by atoms with Crippen LogP contribution >= 0.6 is 0 Å². The van der Waals surface area contributed by atoms with E-state index in [0.29, 0.717) is 6.42 Å². The van der Waals surface area contributed by atoms with Gasteiger partial charge in [0.1, 0.15) is 11.4 Å². The average molecular weight is 403 g/mol. The summed E-state index contributed by atoms with van der Waals surface area (Å²) in [7, 11) is 4.04. The maximum absolute atomic E-state index is 12.9. The number of fused-ring (bicyclic) bond motifs is 1. The lowest BCUT2D eigenvalue weighted by Crippen LogP contribution is -2.43. The van der Waals surface area contributed by atoms with Crippen LogP contribution in [0.4, 0.5) is 5.82 Å². The van der Waals surface area contributed by atoms with Gasteiger partial charge in [-0.05, 0) is 6.42 Å². The van der Waals surface area contributed by atoms with Crippen LogP contribution < -0.4 is 28.2 Å². The fourth-order valence-electron chi connectivity index (χ4n) is 3.24. The van der Waals surface area contributed by atoms with Gasteiger partial charge in [-0.2, -0.15) is 0 Å². The number of imidazole rings is 1. The van der Waals surface area contributed by atoms with Crippen molar-refractivity contribution in [3.8, 4) is 0 Å². The van der Waals surface area contributed by atoms with E-state index in [2.05, 4.69) is 4.98 Å². The van der Waals surface area contributed by atoms with Crippen molar-refractivity contribution in [1.29, 1.82) is 0 Å². The molecule has 0 aliphatic heterocycles. The van der Waals surface area contributed by atoms with Crippen LogP contribution in [0.2, 0.25) is 0 Å². The van der Waals surface area contributed by atoms with Crippen molar-refractivity contribution in [2.45, 2.75) is 26.4 Å². The highest BCUT2D eigenvalue weighted by Gasteiger charge is 2.23. The van der Waals surface area contributed by atoms with Crippen LogP contribution in [-0.4, -0.2) is 33.6 Å². The Kier molecular flexibility index (Phi) is 4.86. The number of nitrogens with zero attached hydrogens (tertiary/aromatic N) is 6. The van der Waals surface area contributed by atoms with Gasteiger partial charge in [0, 0.05) is 27.7 Å². The molecule has 3 rings (SSSR count). The number of nitrogens with two attached hydrogens (primary N) is 1. The molecular weight excluding hydrogens is 382 g/mol. The van der Waals surface area contributed by atoms with Gasteiger partial charge in [0.25, 0.3) is 11.1 Å². The molecule has 0 saturated carbocycles. The lowest BCUT2D eigenvalue weighted by molar-refractivity contribution is 0.0971. The number of nitrogen functional groups attached to an aromatic ring is 1. The predicted octanol–water partition coefficient (Wildman–Crippen LogP) is -1.83. The zero-order valence-electron chi connectivity index (χ0n) is 16.5. The van der Waals surface area contributed by atoms with Gasteiger partial charge < -0.3 is 10.3 Å². The minimum Gasteiger partial charge on any atom is -0.384 e. The van der Waals surface area contributed by atoms with Crippen molar-refractivity contribution in [3.05, 3.63) is 53.6 Å². The number of aromatic nitrogens is 6. The van der Waals surface area contributed by atoms with E-state index in [1.165, 1.54) is 41.2 Å². The third-order valence-corrected chi connectivity index (χ3v) is 4.84. The van der Waals surface area contributed by atoms with Crippen molar-refractivity contribution < 1.29 is 4.79 Å². The molecule has 3 aromatic heterocycles. The lowest BCUT2D eigenvalue weighted by atomic mass is 10.2. The Morgan fingerprint density at radius 1 is 1.00 bits per heavy atom. The third-order valence-electron chi connectivity index (χ3n) is 4.84. The molecule has 0 bridgehead atoms. The van der Waals surface area contributed by atoms with Gasteiger partial charge in [-0.25, -0.2) is 14.6 Å². The van der Waals surface area contributed by atoms with Crippen LogP contribution in [0.1, 0.15) is 23.7 Å². The molecule has 3 heterocycles. The highest BCUT2D eigenvalue weighted by molar-refractivity contribution is 6.00. The fourth-order valence-corrected chi connectivity index (χ4v) is 3.24. The molecule has 0 unspecified atom stereocenters. The average Bonchev–Trinajstić information content (AvgIpc) is 3.10. The first-order valence-electron chi connectivity index (χ1n) is 8.85. The number of aryl methyl sites for hydroxylation is 1. The fraction of sp³-hybridized carbons (Fsp3) is 0.412. The molecule has 3 aromatic rings. The van der Waals surface area contributed by atoms with Crippen LogP contribution in [0.25, 0.3) is 11.2 Å². The summed E-state index contributed by atoms with van der Waals surface area (Å²) in [6, 6.07) is 0. The summed E-state index contributed by atoms with van der Waals surface area (Å²) in [5.74, 6) is -0.891. The van der Waals surface area contributed by atoms with E-state index < -0.39 is 34.8 Å². The van der Waals surface area contributed by atoms with Crippen molar-refractivity contribution in [3.63, 3.8) is 0 Å². The van der Waals surface area contributed by atoms with E-state index in [-0.39, 0.29) is 29.1 Å². The van der Waals surface area contributed by atoms with Gasteiger partial charge in [0.15, 0.2) is 16.9 Å². The van der Waals surface area contributed by atoms with Gasteiger partial charge in [0.2, 0.25) is 0 Å². The Labute approximate surface area is 163 Å². The highest BCUT2D eigenvalue weighted by Crippen LogP contribution is 2.11. The van der Waals surface area contributed by atoms with Crippen LogP contribution in [0, 0.1) is 0 Å². The Morgan fingerprint density at radius 3 is 2.24 bits per heavy atom. The van der Waals surface area contributed by atoms with E-state index in [4.69, 9.17) is 5.73 Å². The van der Waals surface area contributed by atoms with E-state index in [1.54, 1.807) is 0 Å². The Morgan fingerprint density at radius 2 is 1.62 bits per heavy atom. The second-order valence-electron chi connectivity index (χ2n) is 6.73. The van der Waals surface area contributed by atoms with E-state index >= 15 is 0 Å². The van der Waals surface area contributed by atoms with Gasteiger partial charge in [-0.3, -0.25) is 32.7 Å². The number of ketones is 1. The summed E-state index contributed by atoms with van der Waals surface area (Å²) < 4.78 is 5.34. The van der Waals surface area contributed by atoms with E-state index in [1.807, 2.05) is 6.92 Å². The maximum Gasteiger partial charge on any atom is 0.332 e. The van der Waals surface area contributed by atoms with Crippen molar-refractivity contribution >= 4 is 22.8 Å². The molecule has 0 amide bonds. The molecular formula is C17H21N7O5. The molecule has 0 aliphatic rings. The van der Waals surface area contributed by atoms with Crippen LogP contribution in [0.5, 0.6) is 0 Å². The molecule has 12 nitrogen and oxygen atoms in total. The van der Waals surface area contributed by atoms with Crippen molar-refractivity contribution in [1.82, 2.24) is 27.8 Å². The predicted molar refractivity (Wildman–Crippen MR) is 105 cm³/mol. The van der Waals surface area contributed by atoms with Crippen LogP contribution in [0.15, 0.2) is 25.5 Å². The Hall–Kier alpha value is -3.70. The maximum atomic E-state index is 12.9. The number of rotatable bonds is 5. The number of hydrogen-bond donors (Lipinski definition) is 1. The minimum atomic E-state index is -0.811. The second kappa shape index (κ2) is 7.04. The SMILES string of the molecule is CCCn1c(N)c(C(=O)Cn2cnc3c2c(=O)n(C)c(=O)n3C)c(=O)n(C)c1=O. The highest BCUT2D eigenvalue weighted by atomic mass is 16.2. The standard InChI is InChI=1S/C17H21N7O5/c1-5-6-24-12(18)10(14(26)21(3)17(24)29)9(25)7-23-8-19-13-11(23)15(27)22(4)16(28)20(13)2/h8H,5-7,18H2,1-4H3. The van der Waals surface area contributed by atoms with Gasteiger partial charge in [-0.15, -0.1) is 0 Å². The molecule has 2 N–H and O–H groups in total. The molecule has 12 heteroatoms. The van der Waals surface area contributed by atoms with Crippen molar-refractivity contribution in [2.24, 2.45) is 21.1 Å². The van der Waals surface area contributed by atoms with Crippen molar-refractivity contribution in [2.75, 3.05) is 5.73 Å². The first-order valence-corrected chi connectivity index (χ1v) is 8.85. The summed E-state index contributed by atoms with van der Waals surface area (Å²) in [5.41, 5.74) is 3.21. The van der Waals surface area contributed by atoms with E-state index in [9.17, 15) is 24.0 Å². The van der Waals surface area contributed by atoms with Gasteiger partial charge >= 0.3 is 11.4 Å². The number of anilines is 1. The largest absolute Gasteiger partial charge is 0.384 e. The lowest BCUT2D eigenvalue weighted by Gasteiger charge is -2.14.